The Morgan fingerprint density at radius 1 is 1.32 bits per heavy atom. The lowest BCUT2D eigenvalue weighted by atomic mass is 10.2. The van der Waals surface area contributed by atoms with Crippen LogP contribution in [0.3, 0.4) is 0 Å². The first-order chi connectivity index (χ1) is 11.7. The van der Waals surface area contributed by atoms with Gasteiger partial charge in [0.15, 0.2) is 0 Å². The quantitative estimate of drug-likeness (QED) is 0.701. The van der Waals surface area contributed by atoms with Gasteiger partial charge >= 0.3 is 0 Å². The summed E-state index contributed by atoms with van der Waals surface area (Å²) in [5.41, 5.74) is 1.51. The maximum absolute atomic E-state index is 12.6. The highest BCUT2D eigenvalue weighted by Gasteiger charge is 2.28. The van der Waals surface area contributed by atoms with Crippen molar-refractivity contribution in [1.82, 2.24) is 9.21 Å². The van der Waals surface area contributed by atoms with Crippen molar-refractivity contribution in [1.29, 1.82) is 0 Å². The van der Waals surface area contributed by atoms with E-state index in [4.69, 9.17) is 0 Å². The number of carbonyl (C=O) groups is 2. The molecule has 0 fully saturated rings. The Balaban J connectivity index is 2.24. The topological polar surface area (TPSA) is 78.0 Å². The molecule has 8 heteroatoms. The molecule has 2 rings (SSSR count). The molecule has 0 aromatic heterocycles. The molecule has 0 unspecified atom stereocenters. The van der Waals surface area contributed by atoms with Crippen molar-refractivity contribution in [3.63, 3.8) is 0 Å². The molecule has 0 radical (unpaired) electrons. The molecule has 0 saturated heterocycles. The van der Waals surface area contributed by atoms with E-state index in [2.05, 4.69) is 6.58 Å². The number of hydrogen-bond acceptors (Lipinski definition) is 4. The lowest BCUT2D eigenvalue weighted by Gasteiger charge is -2.23. The molecular formula is C17H23N3O4S. The highest BCUT2D eigenvalue weighted by Crippen LogP contribution is 2.31. The van der Waals surface area contributed by atoms with Crippen LogP contribution in [-0.2, 0) is 26.0 Å². The van der Waals surface area contributed by atoms with Gasteiger partial charge in [-0.3, -0.25) is 9.59 Å². The maximum Gasteiger partial charge on any atom is 0.246 e. The van der Waals surface area contributed by atoms with Gasteiger partial charge in [-0.25, -0.2) is 12.7 Å². The van der Waals surface area contributed by atoms with Crippen molar-refractivity contribution in [2.24, 2.45) is 0 Å². The Morgan fingerprint density at radius 3 is 2.56 bits per heavy atom. The number of nitrogens with zero attached hydrogens (tertiary/aromatic N) is 3. The average molecular weight is 365 g/mol. The summed E-state index contributed by atoms with van der Waals surface area (Å²) in [7, 11) is -0.547. The number of amides is 2. The van der Waals surface area contributed by atoms with Crippen LogP contribution in [0.15, 0.2) is 35.7 Å². The summed E-state index contributed by atoms with van der Waals surface area (Å²) >= 11 is 0. The average Bonchev–Trinajstić information content (AvgIpc) is 3.01. The lowest BCUT2D eigenvalue weighted by molar-refractivity contribution is -0.131. The molecule has 0 saturated carbocycles. The summed E-state index contributed by atoms with van der Waals surface area (Å²) in [6.07, 6.45) is 1.77. The monoisotopic (exact) mass is 365 g/mol. The first-order valence-corrected chi connectivity index (χ1v) is 9.43. The molecule has 0 aliphatic carbocycles. The molecule has 2 amide bonds. The van der Waals surface area contributed by atoms with Gasteiger partial charge in [-0.15, -0.1) is 0 Å². The van der Waals surface area contributed by atoms with Crippen molar-refractivity contribution >= 4 is 27.5 Å². The molecule has 1 aliphatic heterocycles. The normalized spacial score (nSPS) is 13.7. The number of carbonyl (C=O) groups excluding carboxylic acids is 2. The molecule has 0 N–H and O–H groups in total. The molecule has 0 bridgehead atoms. The molecule has 7 nitrogen and oxygen atoms in total. The zero-order chi connectivity index (χ0) is 18.8. The van der Waals surface area contributed by atoms with Crippen LogP contribution in [0.25, 0.3) is 0 Å². The van der Waals surface area contributed by atoms with Gasteiger partial charge in [0.05, 0.1) is 4.90 Å². The summed E-state index contributed by atoms with van der Waals surface area (Å²) in [5, 5.41) is 0. The molecular weight excluding hydrogens is 342 g/mol. The molecule has 136 valence electrons. The van der Waals surface area contributed by atoms with Crippen LogP contribution in [-0.4, -0.2) is 63.2 Å². The first-order valence-electron chi connectivity index (χ1n) is 7.99. The van der Waals surface area contributed by atoms with Crippen molar-refractivity contribution < 1.29 is 18.0 Å². The third-order valence-electron chi connectivity index (χ3n) is 4.22. The first kappa shape index (κ1) is 19.1. The van der Waals surface area contributed by atoms with Gasteiger partial charge in [-0.05, 0) is 43.2 Å². The SMILES string of the molecule is C=CC(=O)N(CC)CC(=O)N1CCc2cc(S(=O)(=O)N(C)C)ccc21. The third kappa shape index (κ3) is 3.74. The number of anilines is 1. The van der Waals surface area contributed by atoms with Crippen LogP contribution in [0.1, 0.15) is 12.5 Å². The predicted molar refractivity (Wildman–Crippen MR) is 95.8 cm³/mol. The van der Waals surface area contributed by atoms with Crippen molar-refractivity contribution in [3.05, 3.63) is 36.4 Å². The fourth-order valence-electron chi connectivity index (χ4n) is 2.73. The minimum absolute atomic E-state index is 0.0292. The fraction of sp³-hybridized carbons (Fsp3) is 0.412. The van der Waals surface area contributed by atoms with E-state index in [0.717, 1.165) is 9.87 Å². The number of rotatable bonds is 6. The van der Waals surface area contributed by atoms with E-state index in [0.29, 0.717) is 25.2 Å². The van der Waals surface area contributed by atoms with E-state index in [-0.39, 0.29) is 23.3 Å². The largest absolute Gasteiger partial charge is 0.330 e. The number of hydrogen-bond donors (Lipinski definition) is 0. The van der Waals surface area contributed by atoms with Gasteiger partial charge in [-0.2, -0.15) is 0 Å². The second-order valence-electron chi connectivity index (χ2n) is 5.93. The molecule has 1 aliphatic rings. The summed E-state index contributed by atoms with van der Waals surface area (Å²) in [4.78, 5) is 27.5. The highest BCUT2D eigenvalue weighted by atomic mass is 32.2. The van der Waals surface area contributed by atoms with Gasteiger partial charge in [0.2, 0.25) is 21.8 Å². The molecule has 25 heavy (non-hydrogen) atoms. The summed E-state index contributed by atoms with van der Waals surface area (Å²) in [6.45, 7) is 6.09. The number of fused-ring (bicyclic) bond motifs is 1. The van der Waals surface area contributed by atoms with Crippen LogP contribution in [0.4, 0.5) is 5.69 Å². The minimum Gasteiger partial charge on any atom is -0.330 e. The van der Waals surface area contributed by atoms with E-state index in [1.807, 2.05) is 0 Å². The van der Waals surface area contributed by atoms with Crippen molar-refractivity contribution in [2.45, 2.75) is 18.2 Å². The Hall–Kier alpha value is -2.19. The Kier molecular flexibility index (Phi) is 5.64. The second kappa shape index (κ2) is 7.37. The molecule has 1 aromatic rings. The van der Waals surface area contributed by atoms with Gasteiger partial charge < -0.3 is 9.80 Å². The van der Waals surface area contributed by atoms with Crippen molar-refractivity contribution in [2.75, 3.05) is 38.6 Å². The van der Waals surface area contributed by atoms with Gasteiger partial charge in [0.1, 0.15) is 6.54 Å². The molecule has 0 atom stereocenters. The maximum atomic E-state index is 12.6. The zero-order valence-electron chi connectivity index (χ0n) is 14.7. The summed E-state index contributed by atoms with van der Waals surface area (Å²) in [6, 6.07) is 4.78. The van der Waals surface area contributed by atoms with Gasteiger partial charge in [0.25, 0.3) is 0 Å². The lowest BCUT2D eigenvalue weighted by Crippen LogP contribution is -2.41. The van der Waals surface area contributed by atoms with E-state index in [1.54, 1.807) is 24.0 Å². The third-order valence-corrected chi connectivity index (χ3v) is 6.03. The van der Waals surface area contributed by atoms with Crippen LogP contribution in [0.5, 0.6) is 0 Å². The van der Waals surface area contributed by atoms with E-state index >= 15 is 0 Å². The number of sulfonamides is 1. The van der Waals surface area contributed by atoms with E-state index in [1.165, 1.54) is 31.1 Å². The standard InChI is InChI=1S/C17H23N3O4S/c1-5-16(21)19(6-2)12-17(22)20-10-9-13-11-14(7-8-15(13)20)25(23,24)18(3)4/h5,7-8,11H,1,6,9-10,12H2,2-4H3. The summed E-state index contributed by atoms with van der Waals surface area (Å²) in [5.74, 6) is -0.485. The molecule has 0 spiro atoms. The fourth-order valence-corrected chi connectivity index (χ4v) is 3.68. The van der Waals surface area contributed by atoms with Crippen LogP contribution >= 0.6 is 0 Å². The highest BCUT2D eigenvalue weighted by molar-refractivity contribution is 7.89. The molecule has 1 heterocycles. The predicted octanol–water partition coefficient (Wildman–Crippen LogP) is 0.861. The Labute approximate surface area is 148 Å². The second-order valence-corrected chi connectivity index (χ2v) is 8.08. The van der Waals surface area contributed by atoms with Crippen LogP contribution in [0, 0.1) is 0 Å². The molecule has 1 aromatic carbocycles. The van der Waals surface area contributed by atoms with E-state index < -0.39 is 10.0 Å². The number of benzene rings is 1. The summed E-state index contributed by atoms with van der Waals surface area (Å²) < 4.78 is 25.6. The van der Waals surface area contributed by atoms with Gasteiger partial charge in [0, 0.05) is 32.9 Å². The Bertz CT molecular complexity index is 802. The number of likely N-dealkylation sites (N-methyl/N-ethyl adjacent to an activating group) is 1. The van der Waals surface area contributed by atoms with Crippen molar-refractivity contribution in [3.8, 4) is 0 Å². The van der Waals surface area contributed by atoms with E-state index in [9.17, 15) is 18.0 Å². The zero-order valence-corrected chi connectivity index (χ0v) is 15.5. The van der Waals surface area contributed by atoms with Gasteiger partial charge in [-0.1, -0.05) is 6.58 Å². The smallest absolute Gasteiger partial charge is 0.246 e. The van der Waals surface area contributed by atoms with Crippen LogP contribution in [0.2, 0.25) is 0 Å². The minimum atomic E-state index is -3.51. The Morgan fingerprint density at radius 2 is 2.00 bits per heavy atom. The van der Waals surface area contributed by atoms with Crippen LogP contribution < -0.4 is 4.90 Å².